The molecule has 1 aliphatic carbocycles. The summed E-state index contributed by atoms with van der Waals surface area (Å²) in [6, 6.07) is 6.06. The van der Waals surface area contributed by atoms with Crippen LogP contribution in [0.25, 0.3) is 11.1 Å². The summed E-state index contributed by atoms with van der Waals surface area (Å²) in [7, 11) is 1.67. The highest BCUT2D eigenvalue weighted by atomic mass is 16.5. The first-order valence-electron chi connectivity index (χ1n) is 6.60. The molecule has 2 N–H and O–H groups in total. The van der Waals surface area contributed by atoms with Gasteiger partial charge >= 0.3 is 0 Å². The van der Waals surface area contributed by atoms with Crippen LogP contribution in [-0.4, -0.2) is 12.3 Å². The van der Waals surface area contributed by atoms with E-state index in [4.69, 9.17) is 15.0 Å². The second-order valence-electron chi connectivity index (χ2n) is 5.14. The molecule has 3 rings (SSSR count). The Kier molecular flexibility index (Phi) is 2.93. The predicted octanol–water partition coefficient (Wildman–Crippen LogP) is 3.51. The molecular weight excluding hydrogens is 240 g/mol. The maximum atomic E-state index is 5.98. The van der Waals surface area contributed by atoms with Gasteiger partial charge in [-0.05, 0) is 31.9 Å². The maximum absolute atomic E-state index is 5.98. The Morgan fingerprint density at radius 3 is 2.79 bits per heavy atom. The SMILES string of the molecule is COc1ccc(C)cc1-c1c(C2CCC2)noc1N. The Morgan fingerprint density at radius 2 is 2.16 bits per heavy atom. The van der Waals surface area contributed by atoms with Gasteiger partial charge in [0, 0.05) is 11.5 Å². The van der Waals surface area contributed by atoms with Gasteiger partial charge in [0.05, 0.1) is 18.4 Å². The summed E-state index contributed by atoms with van der Waals surface area (Å²) in [6.07, 6.45) is 3.57. The zero-order chi connectivity index (χ0) is 13.4. The summed E-state index contributed by atoms with van der Waals surface area (Å²) in [5.74, 6) is 1.66. The topological polar surface area (TPSA) is 61.3 Å². The molecule has 1 heterocycles. The molecule has 1 fully saturated rings. The van der Waals surface area contributed by atoms with Crippen LogP contribution in [-0.2, 0) is 0 Å². The Hall–Kier alpha value is -1.97. The van der Waals surface area contributed by atoms with Crippen LogP contribution in [0.4, 0.5) is 5.88 Å². The predicted molar refractivity (Wildman–Crippen MR) is 74.2 cm³/mol. The second kappa shape index (κ2) is 4.61. The van der Waals surface area contributed by atoms with E-state index in [0.717, 1.165) is 41.0 Å². The summed E-state index contributed by atoms with van der Waals surface area (Å²) in [5.41, 5.74) is 10.0. The summed E-state index contributed by atoms with van der Waals surface area (Å²) in [4.78, 5) is 0. The molecule has 19 heavy (non-hydrogen) atoms. The van der Waals surface area contributed by atoms with Crippen LogP contribution in [0.5, 0.6) is 5.75 Å². The average Bonchev–Trinajstić information content (AvgIpc) is 2.69. The minimum Gasteiger partial charge on any atom is -0.496 e. The monoisotopic (exact) mass is 258 g/mol. The molecule has 0 spiro atoms. The van der Waals surface area contributed by atoms with Crippen molar-refractivity contribution in [2.24, 2.45) is 0 Å². The molecule has 1 aromatic carbocycles. The summed E-state index contributed by atoms with van der Waals surface area (Å²) in [6.45, 7) is 2.05. The highest BCUT2D eigenvalue weighted by Gasteiger charge is 2.29. The quantitative estimate of drug-likeness (QED) is 0.915. The van der Waals surface area contributed by atoms with Gasteiger partial charge < -0.3 is 15.0 Å². The third-order valence-corrected chi connectivity index (χ3v) is 3.86. The van der Waals surface area contributed by atoms with Gasteiger partial charge in [0.15, 0.2) is 0 Å². The van der Waals surface area contributed by atoms with E-state index in [1.807, 2.05) is 12.1 Å². The van der Waals surface area contributed by atoms with Gasteiger partial charge in [-0.1, -0.05) is 23.2 Å². The number of nitrogen functional groups attached to an aromatic ring is 1. The van der Waals surface area contributed by atoms with Gasteiger partial charge in [-0.15, -0.1) is 0 Å². The number of aryl methyl sites for hydroxylation is 1. The van der Waals surface area contributed by atoms with Crippen molar-refractivity contribution >= 4 is 5.88 Å². The van der Waals surface area contributed by atoms with Crippen LogP contribution in [0, 0.1) is 6.92 Å². The standard InChI is InChI=1S/C15H18N2O2/c1-9-6-7-12(18-2)11(8-9)13-14(10-4-3-5-10)17-19-15(13)16/h6-8,10H,3-5,16H2,1-2H3. The van der Waals surface area contributed by atoms with E-state index in [2.05, 4.69) is 18.1 Å². The summed E-state index contributed by atoms with van der Waals surface area (Å²) < 4.78 is 10.7. The van der Waals surface area contributed by atoms with E-state index in [-0.39, 0.29) is 0 Å². The van der Waals surface area contributed by atoms with E-state index >= 15 is 0 Å². The Labute approximate surface area is 112 Å². The number of ether oxygens (including phenoxy) is 1. The molecule has 0 radical (unpaired) electrons. The first-order valence-corrected chi connectivity index (χ1v) is 6.60. The van der Waals surface area contributed by atoms with E-state index < -0.39 is 0 Å². The van der Waals surface area contributed by atoms with Crippen molar-refractivity contribution in [3.63, 3.8) is 0 Å². The van der Waals surface area contributed by atoms with E-state index in [0.29, 0.717) is 11.8 Å². The van der Waals surface area contributed by atoms with Crippen LogP contribution < -0.4 is 10.5 Å². The van der Waals surface area contributed by atoms with Gasteiger partial charge in [0.25, 0.3) is 0 Å². The van der Waals surface area contributed by atoms with E-state index in [9.17, 15) is 0 Å². The Morgan fingerprint density at radius 1 is 1.37 bits per heavy atom. The maximum Gasteiger partial charge on any atom is 0.230 e. The molecule has 1 aromatic heterocycles. The highest BCUT2D eigenvalue weighted by molar-refractivity contribution is 5.80. The lowest BCUT2D eigenvalue weighted by Crippen LogP contribution is -2.10. The highest BCUT2D eigenvalue weighted by Crippen LogP contribution is 2.45. The number of hydrogen-bond acceptors (Lipinski definition) is 4. The van der Waals surface area contributed by atoms with E-state index in [1.165, 1.54) is 6.42 Å². The third-order valence-electron chi connectivity index (χ3n) is 3.86. The average molecular weight is 258 g/mol. The molecule has 0 amide bonds. The number of hydrogen-bond donors (Lipinski definition) is 1. The van der Waals surface area contributed by atoms with Gasteiger partial charge in [-0.3, -0.25) is 0 Å². The van der Waals surface area contributed by atoms with Crippen molar-refractivity contribution in [3.05, 3.63) is 29.5 Å². The summed E-state index contributed by atoms with van der Waals surface area (Å²) in [5, 5.41) is 4.16. The molecular formula is C15H18N2O2. The van der Waals surface area contributed by atoms with Crippen LogP contribution in [0.15, 0.2) is 22.7 Å². The number of aromatic nitrogens is 1. The number of nitrogens with two attached hydrogens (primary N) is 1. The molecule has 4 nitrogen and oxygen atoms in total. The van der Waals surface area contributed by atoms with Gasteiger partial charge in [-0.2, -0.15) is 0 Å². The second-order valence-corrected chi connectivity index (χ2v) is 5.14. The fourth-order valence-electron chi connectivity index (χ4n) is 2.56. The number of methoxy groups -OCH3 is 1. The third kappa shape index (κ3) is 1.97. The normalized spacial score (nSPS) is 15.3. The first-order chi connectivity index (χ1) is 9.20. The number of rotatable bonds is 3. The van der Waals surface area contributed by atoms with Crippen LogP contribution >= 0.6 is 0 Å². The molecule has 0 bridgehead atoms. The molecule has 0 unspecified atom stereocenters. The summed E-state index contributed by atoms with van der Waals surface area (Å²) >= 11 is 0. The largest absolute Gasteiger partial charge is 0.496 e. The molecule has 0 saturated heterocycles. The Balaban J connectivity index is 2.15. The molecule has 4 heteroatoms. The van der Waals surface area contributed by atoms with E-state index in [1.54, 1.807) is 7.11 Å². The van der Waals surface area contributed by atoms with Crippen molar-refractivity contribution in [1.29, 1.82) is 0 Å². The zero-order valence-electron chi connectivity index (χ0n) is 11.3. The van der Waals surface area contributed by atoms with Crippen LogP contribution in [0.3, 0.4) is 0 Å². The molecule has 100 valence electrons. The van der Waals surface area contributed by atoms with Crippen LogP contribution in [0.1, 0.15) is 36.4 Å². The van der Waals surface area contributed by atoms with Gasteiger partial charge in [-0.25, -0.2) is 0 Å². The zero-order valence-corrected chi connectivity index (χ0v) is 11.3. The molecule has 1 saturated carbocycles. The smallest absolute Gasteiger partial charge is 0.230 e. The lowest BCUT2D eigenvalue weighted by atomic mass is 9.80. The lowest BCUT2D eigenvalue weighted by molar-refractivity contribution is 0.369. The molecule has 0 atom stereocenters. The Bertz CT molecular complexity index is 600. The minimum atomic E-state index is 0.380. The van der Waals surface area contributed by atoms with Crippen molar-refractivity contribution < 1.29 is 9.26 Å². The van der Waals surface area contributed by atoms with Crippen molar-refractivity contribution in [3.8, 4) is 16.9 Å². The molecule has 2 aromatic rings. The van der Waals surface area contributed by atoms with Gasteiger partial charge in [0.1, 0.15) is 5.75 Å². The number of anilines is 1. The van der Waals surface area contributed by atoms with Crippen LogP contribution in [0.2, 0.25) is 0 Å². The van der Waals surface area contributed by atoms with Crippen molar-refractivity contribution in [1.82, 2.24) is 5.16 Å². The fraction of sp³-hybridized carbons (Fsp3) is 0.400. The molecule has 0 aliphatic heterocycles. The van der Waals surface area contributed by atoms with Crippen molar-refractivity contribution in [2.45, 2.75) is 32.1 Å². The molecule has 1 aliphatic rings. The number of nitrogens with zero attached hydrogens (tertiary/aromatic N) is 1. The number of benzene rings is 1. The minimum absolute atomic E-state index is 0.380. The lowest BCUT2D eigenvalue weighted by Gasteiger charge is -2.24. The first kappa shape index (κ1) is 12.1. The van der Waals surface area contributed by atoms with Gasteiger partial charge in [0.2, 0.25) is 5.88 Å². The van der Waals surface area contributed by atoms with Crippen molar-refractivity contribution in [2.75, 3.05) is 12.8 Å². The fourth-order valence-corrected chi connectivity index (χ4v) is 2.56.